The average molecular weight is 555 g/mol. The highest BCUT2D eigenvalue weighted by atomic mass is 16.5. The van der Waals surface area contributed by atoms with Gasteiger partial charge in [-0.25, -0.2) is 9.59 Å². The van der Waals surface area contributed by atoms with Crippen LogP contribution in [0.4, 0.5) is 0 Å². The Morgan fingerprint density at radius 2 is 0.976 bits per heavy atom. The van der Waals surface area contributed by atoms with E-state index in [9.17, 15) is 20.1 Å². The van der Waals surface area contributed by atoms with Crippen LogP contribution in [-0.2, 0) is 0 Å². The monoisotopic (exact) mass is 554 g/mol. The summed E-state index contributed by atoms with van der Waals surface area (Å²) in [5.74, 6) is -1.59. The van der Waals surface area contributed by atoms with Gasteiger partial charge in [0.2, 0.25) is 11.8 Å². The van der Waals surface area contributed by atoms with Crippen molar-refractivity contribution >= 4 is 21.9 Å². The van der Waals surface area contributed by atoms with Crippen LogP contribution < -0.4 is 32.2 Å². The van der Waals surface area contributed by atoms with Gasteiger partial charge >= 0.3 is 11.3 Å². The second-order valence-electron chi connectivity index (χ2n) is 9.77. The van der Waals surface area contributed by atoms with E-state index in [0.717, 1.165) is 0 Å². The van der Waals surface area contributed by atoms with Gasteiger partial charge in [0.05, 0.1) is 33.7 Å². The first-order chi connectivity index (χ1) is 20.4. The highest BCUT2D eigenvalue weighted by Crippen LogP contribution is 2.46. The molecule has 3 aromatic carbocycles. The van der Waals surface area contributed by atoms with Gasteiger partial charge < -0.3 is 29.8 Å². The van der Waals surface area contributed by atoms with Crippen LogP contribution in [0.5, 0.6) is 11.5 Å². The molecule has 0 spiro atoms. The van der Waals surface area contributed by atoms with Gasteiger partial charge in [-0.1, -0.05) is 48.5 Å². The predicted octanol–water partition coefficient (Wildman–Crippen LogP) is 4.34. The first-order valence-corrected chi connectivity index (χ1v) is 12.8. The van der Waals surface area contributed by atoms with Crippen LogP contribution in [0.3, 0.4) is 0 Å². The molecule has 202 valence electrons. The molecule has 2 unspecified atom stereocenters. The topological polar surface area (TPSA) is 178 Å². The molecule has 42 heavy (non-hydrogen) atoms. The standard InChI is InChI=1S/C32H18N4O6/c33-13-19-23(25-27(41-29(19)35)17-5-1-3-7-21(17)39-31(25)37)15-9-11-16(12-10-15)24-20(14-34)30(36)42-28-18-6-2-4-8-22(18)40-32(38)26(24)28/h1-12,23-24H,35-36H2. The fraction of sp³-hybridized carbons (Fsp3) is 0.0625. The van der Waals surface area contributed by atoms with Crippen LogP contribution in [-0.4, -0.2) is 0 Å². The molecule has 10 nitrogen and oxygen atoms in total. The number of hydrogen-bond acceptors (Lipinski definition) is 10. The number of ether oxygens (including phenoxy) is 2. The average Bonchev–Trinajstić information content (AvgIpc) is 3.00. The summed E-state index contributed by atoms with van der Waals surface area (Å²) in [5, 5.41) is 21.0. The Labute approximate surface area is 236 Å². The molecule has 0 radical (unpaired) electrons. The zero-order valence-electron chi connectivity index (χ0n) is 21.6. The highest BCUT2D eigenvalue weighted by molar-refractivity contribution is 5.87. The molecular formula is C32H18N4O6. The van der Waals surface area contributed by atoms with E-state index in [1.54, 1.807) is 72.8 Å². The first kappa shape index (κ1) is 24.8. The molecule has 0 amide bonds. The Bertz CT molecular complexity index is 2090. The predicted molar refractivity (Wildman–Crippen MR) is 150 cm³/mol. The summed E-state index contributed by atoms with van der Waals surface area (Å²) in [6.45, 7) is 0. The maximum atomic E-state index is 13.2. The third-order valence-electron chi connectivity index (χ3n) is 7.55. The molecule has 2 atom stereocenters. The smallest absolute Gasteiger partial charge is 0.344 e. The number of benzene rings is 3. The minimum absolute atomic E-state index is 0.0446. The molecule has 0 saturated heterocycles. The minimum Gasteiger partial charge on any atom is -0.439 e. The summed E-state index contributed by atoms with van der Waals surface area (Å²) in [5.41, 5.74) is 13.1. The lowest BCUT2D eigenvalue weighted by molar-refractivity contribution is 0.387. The largest absolute Gasteiger partial charge is 0.439 e. The van der Waals surface area contributed by atoms with E-state index in [-0.39, 0.29) is 45.5 Å². The van der Waals surface area contributed by atoms with E-state index < -0.39 is 23.1 Å². The van der Waals surface area contributed by atoms with Crippen molar-refractivity contribution in [3.63, 3.8) is 0 Å². The molecule has 5 aromatic rings. The van der Waals surface area contributed by atoms with Crippen LogP contribution >= 0.6 is 0 Å². The molecule has 0 saturated carbocycles. The van der Waals surface area contributed by atoms with E-state index in [0.29, 0.717) is 33.1 Å². The number of allylic oxidation sites excluding steroid dienone is 2. The van der Waals surface area contributed by atoms with Crippen LogP contribution in [0.2, 0.25) is 0 Å². The van der Waals surface area contributed by atoms with Gasteiger partial charge in [-0.2, -0.15) is 10.5 Å². The summed E-state index contributed by atoms with van der Waals surface area (Å²) < 4.78 is 22.7. The van der Waals surface area contributed by atoms with Crippen molar-refractivity contribution < 1.29 is 18.3 Å². The van der Waals surface area contributed by atoms with Crippen molar-refractivity contribution in [3.05, 3.63) is 139 Å². The van der Waals surface area contributed by atoms with Crippen LogP contribution in [0.15, 0.2) is 114 Å². The molecule has 2 aliphatic heterocycles. The van der Waals surface area contributed by atoms with E-state index in [4.69, 9.17) is 29.8 Å². The Morgan fingerprint density at radius 3 is 1.36 bits per heavy atom. The Balaban J connectivity index is 1.41. The molecule has 0 fully saturated rings. The van der Waals surface area contributed by atoms with Gasteiger partial charge in [0.15, 0.2) is 11.5 Å². The quantitative estimate of drug-likeness (QED) is 0.298. The maximum absolute atomic E-state index is 13.2. The van der Waals surface area contributed by atoms with Gasteiger partial charge in [0.1, 0.15) is 34.5 Å². The van der Waals surface area contributed by atoms with E-state index in [1.165, 1.54) is 0 Å². The molecule has 10 heteroatoms. The van der Waals surface area contributed by atoms with Crippen molar-refractivity contribution in [1.82, 2.24) is 0 Å². The Kier molecular flexibility index (Phi) is 5.39. The number of nitrogens with two attached hydrogens (primary N) is 2. The van der Waals surface area contributed by atoms with Crippen molar-refractivity contribution in [2.45, 2.75) is 11.8 Å². The van der Waals surface area contributed by atoms with Gasteiger partial charge in [0.25, 0.3) is 0 Å². The van der Waals surface area contributed by atoms with Crippen molar-refractivity contribution in [2.24, 2.45) is 11.5 Å². The van der Waals surface area contributed by atoms with Crippen LogP contribution in [0.25, 0.3) is 21.9 Å². The summed E-state index contributed by atoms with van der Waals surface area (Å²) in [6, 6.07) is 24.7. The molecule has 4 heterocycles. The van der Waals surface area contributed by atoms with Crippen LogP contribution in [0.1, 0.15) is 34.1 Å². The number of nitrogens with zero attached hydrogens (tertiary/aromatic N) is 2. The van der Waals surface area contributed by atoms with E-state index in [2.05, 4.69) is 12.1 Å². The lowest BCUT2D eigenvalue weighted by Crippen LogP contribution is -2.27. The van der Waals surface area contributed by atoms with Crippen molar-refractivity contribution in [3.8, 4) is 23.6 Å². The fourth-order valence-corrected chi connectivity index (χ4v) is 5.68. The van der Waals surface area contributed by atoms with E-state index in [1.807, 2.05) is 0 Å². The number of nitriles is 2. The van der Waals surface area contributed by atoms with Gasteiger partial charge in [0, 0.05) is 0 Å². The lowest BCUT2D eigenvalue weighted by Gasteiger charge is -2.27. The SMILES string of the molecule is N#CC1=C(N)Oc2c(c(=O)oc3ccccc23)C1c1ccc(C2C(C#N)=C(N)Oc3c2c(=O)oc2ccccc32)cc1. The minimum atomic E-state index is -0.888. The molecular weight excluding hydrogens is 536 g/mol. The second kappa shape index (κ2) is 9.15. The molecule has 2 aromatic heterocycles. The molecule has 0 aliphatic carbocycles. The van der Waals surface area contributed by atoms with Crippen molar-refractivity contribution in [2.75, 3.05) is 0 Å². The zero-order chi connectivity index (χ0) is 29.1. The number of rotatable bonds is 2. The summed E-state index contributed by atoms with van der Waals surface area (Å²) in [4.78, 5) is 26.4. The lowest BCUT2D eigenvalue weighted by atomic mass is 9.80. The Morgan fingerprint density at radius 1 is 0.595 bits per heavy atom. The third kappa shape index (κ3) is 3.49. The second-order valence-corrected chi connectivity index (χ2v) is 9.77. The Hall–Kier alpha value is -6.26. The van der Waals surface area contributed by atoms with Gasteiger partial charge in [-0.05, 0) is 35.4 Å². The van der Waals surface area contributed by atoms with Gasteiger partial charge in [-0.3, -0.25) is 0 Å². The summed E-state index contributed by atoms with van der Waals surface area (Å²) in [6.07, 6.45) is 0. The molecule has 0 bridgehead atoms. The number of hydrogen-bond donors (Lipinski definition) is 2. The zero-order valence-corrected chi connectivity index (χ0v) is 21.6. The normalized spacial score (nSPS) is 17.6. The summed E-state index contributed by atoms with van der Waals surface area (Å²) >= 11 is 0. The highest BCUT2D eigenvalue weighted by Gasteiger charge is 2.38. The number of para-hydroxylation sites is 2. The van der Waals surface area contributed by atoms with E-state index >= 15 is 0 Å². The molecule has 4 N–H and O–H groups in total. The van der Waals surface area contributed by atoms with Crippen LogP contribution in [0, 0.1) is 22.7 Å². The fourth-order valence-electron chi connectivity index (χ4n) is 5.68. The summed E-state index contributed by atoms with van der Waals surface area (Å²) in [7, 11) is 0. The molecule has 7 rings (SSSR count). The first-order valence-electron chi connectivity index (χ1n) is 12.8. The molecule has 2 aliphatic rings. The van der Waals surface area contributed by atoms with Gasteiger partial charge in [-0.15, -0.1) is 0 Å². The van der Waals surface area contributed by atoms with Crippen molar-refractivity contribution in [1.29, 1.82) is 10.5 Å². The maximum Gasteiger partial charge on any atom is 0.344 e. The number of fused-ring (bicyclic) bond motifs is 6. The third-order valence-corrected chi connectivity index (χ3v) is 7.55.